The molecule has 0 amide bonds. The van der Waals surface area contributed by atoms with Gasteiger partial charge in [0.1, 0.15) is 0 Å². The second-order valence-corrected chi connectivity index (χ2v) is 3.88. The molecule has 0 aliphatic heterocycles. The van der Waals surface area contributed by atoms with E-state index in [0.717, 1.165) is 6.92 Å². The Balaban J connectivity index is 2.94. The zero-order valence-electron chi connectivity index (χ0n) is 8.81. The van der Waals surface area contributed by atoms with E-state index in [0.29, 0.717) is 12.2 Å². The molecule has 5 heteroatoms. The topological polar surface area (TPSA) is 24.4 Å². The number of hydrogen-bond donors (Lipinski definition) is 1. The van der Waals surface area contributed by atoms with Gasteiger partial charge in [0, 0.05) is 6.04 Å². The van der Waals surface area contributed by atoms with E-state index in [2.05, 4.69) is 10.5 Å². The zero-order valence-corrected chi connectivity index (χ0v) is 8.81. The molecule has 0 spiro atoms. The van der Waals surface area contributed by atoms with Crippen LogP contribution in [0.2, 0.25) is 0 Å². The van der Waals surface area contributed by atoms with Crippen molar-refractivity contribution in [1.29, 1.82) is 0 Å². The van der Waals surface area contributed by atoms with Gasteiger partial charge in [0.15, 0.2) is 23.0 Å². The van der Waals surface area contributed by atoms with Crippen LogP contribution in [0.1, 0.15) is 20.8 Å². The molecule has 0 aromatic heterocycles. The number of nitrogens with one attached hydrogen (secondary N) is 1. The fraction of sp³-hybridized carbons (Fsp3) is 0.500. The van der Waals surface area contributed by atoms with E-state index in [1.54, 1.807) is 13.8 Å². The standard InChI is InChI=1S/C10H13F3N2/c1-6(2)14-15-9-7(11)4-10(3,13)5-8(9)12/h4-6,14H,1-3H3. The Morgan fingerprint density at radius 1 is 1.27 bits per heavy atom. The number of allylic oxidation sites excluding steroid dienone is 4. The van der Waals surface area contributed by atoms with E-state index in [1.165, 1.54) is 0 Å². The molecule has 1 aliphatic rings. The first kappa shape index (κ1) is 11.8. The van der Waals surface area contributed by atoms with Gasteiger partial charge in [-0.2, -0.15) is 5.10 Å². The van der Waals surface area contributed by atoms with Crippen molar-refractivity contribution in [2.24, 2.45) is 5.10 Å². The van der Waals surface area contributed by atoms with Crippen molar-refractivity contribution in [2.45, 2.75) is 32.5 Å². The molecular weight excluding hydrogens is 205 g/mol. The Morgan fingerprint density at radius 2 is 1.73 bits per heavy atom. The second kappa shape index (κ2) is 4.08. The molecule has 1 rings (SSSR count). The third-order valence-electron chi connectivity index (χ3n) is 1.70. The van der Waals surface area contributed by atoms with Gasteiger partial charge in [-0.15, -0.1) is 0 Å². The molecule has 0 aromatic rings. The van der Waals surface area contributed by atoms with Crippen LogP contribution >= 0.6 is 0 Å². The zero-order chi connectivity index (χ0) is 11.6. The maximum absolute atomic E-state index is 13.2. The van der Waals surface area contributed by atoms with Crippen LogP contribution in [0.15, 0.2) is 28.9 Å². The van der Waals surface area contributed by atoms with Gasteiger partial charge in [0.2, 0.25) is 0 Å². The molecule has 0 saturated heterocycles. The Bertz CT molecular complexity index is 317. The summed E-state index contributed by atoms with van der Waals surface area (Å²) in [4.78, 5) is 0. The van der Waals surface area contributed by atoms with E-state index < -0.39 is 23.0 Å². The number of alkyl halides is 1. The molecule has 2 nitrogen and oxygen atoms in total. The number of rotatable bonds is 2. The predicted molar refractivity (Wildman–Crippen MR) is 53.6 cm³/mol. The third kappa shape index (κ3) is 3.11. The van der Waals surface area contributed by atoms with E-state index in [-0.39, 0.29) is 6.04 Å². The molecular formula is C10H13F3N2. The van der Waals surface area contributed by atoms with Gasteiger partial charge in [0.05, 0.1) is 0 Å². The van der Waals surface area contributed by atoms with Crippen molar-refractivity contribution in [3.05, 3.63) is 23.8 Å². The molecule has 0 saturated carbocycles. The summed E-state index contributed by atoms with van der Waals surface area (Å²) in [5.74, 6) is -1.98. The predicted octanol–water partition coefficient (Wildman–Crippen LogP) is 2.79. The normalized spacial score (nSPS) is 26.2. The Labute approximate surface area is 86.6 Å². The Kier molecular flexibility index (Phi) is 3.21. The van der Waals surface area contributed by atoms with Crippen LogP contribution in [0.5, 0.6) is 0 Å². The van der Waals surface area contributed by atoms with Crippen LogP contribution in [0, 0.1) is 0 Å². The van der Waals surface area contributed by atoms with Crippen LogP contribution in [0.25, 0.3) is 0 Å². The minimum Gasteiger partial charge on any atom is -0.307 e. The summed E-state index contributed by atoms with van der Waals surface area (Å²) in [7, 11) is 0. The lowest BCUT2D eigenvalue weighted by molar-refractivity contribution is 0.316. The summed E-state index contributed by atoms with van der Waals surface area (Å²) in [5.41, 5.74) is -0.0722. The number of hydrazone groups is 1. The highest BCUT2D eigenvalue weighted by molar-refractivity contribution is 6.10. The van der Waals surface area contributed by atoms with Crippen LogP contribution in [0.3, 0.4) is 0 Å². The lowest BCUT2D eigenvalue weighted by Crippen LogP contribution is -2.24. The molecule has 0 aromatic carbocycles. The number of nitrogens with zero attached hydrogens (tertiary/aromatic N) is 1. The molecule has 1 N–H and O–H groups in total. The minimum absolute atomic E-state index is 0.0446. The summed E-state index contributed by atoms with van der Waals surface area (Å²) in [5, 5.41) is 3.52. The van der Waals surface area contributed by atoms with E-state index in [1.807, 2.05) is 0 Å². The summed E-state index contributed by atoms with van der Waals surface area (Å²) in [6, 6.07) is -0.0446. The van der Waals surface area contributed by atoms with Crippen molar-refractivity contribution in [2.75, 3.05) is 0 Å². The first-order valence-electron chi connectivity index (χ1n) is 4.61. The van der Waals surface area contributed by atoms with Crippen LogP contribution in [0.4, 0.5) is 13.2 Å². The van der Waals surface area contributed by atoms with Gasteiger partial charge in [-0.3, -0.25) is 0 Å². The highest BCUT2D eigenvalue weighted by atomic mass is 19.2. The first-order chi connectivity index (χ1) is 6.82. The van der Waals surface area contributed by atoms with Crippen molar-refractivity contribution in [1.82, 2.24) is 5.43 Å². The van der Waals surface area contributed by atoms with Crippen LogP contribution in [-0.2, 0) is 0 Å². The summed E-state index contributed by atoms with van der Waals surface area (Å²) in [6.07, 6.45) is 1.38. The fourth-order valence-electron chi connectivity index (χ4n) is 1.09. The monoisotopic (exact) mass is 218 g/mol. The molecule has 1 aliphatic carbocycles. The number of halogens is 3. The van der Waals surface area contributed by atoms with Crippen LogP contribution < -0.4 is 5.43 Å². The fourth-order valence-corrected chi connectivity index (χ4v) is 1.09. The largest absolute Gasteiger partial charge is 0.307 e. The average molecular weight is 218 g/mol. The lowest BCUT2D eigenvalue weighted by atomic mass is 10.00. The first-order valence-corrected chi connectivity index (χ1v) is 4.61. The minimum atomic E-state index is -2.09. The second-order valence-electron chi connectivity index (χ2n) is 3.88. The van der Waals surface area contributed by atoms with E-state index >= 15 is 0 Å². The van der Waals surface area contributed by atoms with Gasteiger partial charge in [-0.1, -0.05) is 0 Å². The lowest BCUT2D eigenvalue weighted by Gasteiger charge is -2.17. The van der Waals surface area contributed by atoms with E-state index in [4.69, 9.17) is 0 Å². The number of hydrogen-bond acceptors (Lipinski definition) is 2. The Hall–Kier alpha value is -1.26. The highest BCUT2D eigenvalue weighted by Gasteiger charge is 2.29. The van der Waals surface area contributed by atoms with Crippen molar-refractivity contribution >= 4 is 5.71 Å². The van der Waals surface area contributed by atoms with Crippen molar-refractivity contribution < 1.29 is 13.2 Å². The molecule has 0 radical (unpaired) electrons. The van der Waals surface area contributed by atoms with E-state index in [9.17, 15) is 13.2 Å². The van der Waals surface area contributed by atoms with Gasteiger partial charge in [-0.25, -0.2) is 13.2 Å². The smallest absolute Gasteiger partial charge is 0.154 e. The summed E-state index contributed by atoms with van der Waals surface area (Å²) in [6.45, 7) is 4.61. The summed E-state index contributed by atoms with van der Waals surface area (Å²) >= 11 is 0. The average Bonchev–Trinajstić information content (AvgIpc) is 1.98. The maximum Gasteiger partial charge on any atom is 0.154 e. The SMILES string of the molecule is CC(C)NN=C1C(F)=CC(C)(F)C=C1F. The Morgan fingerprint density at radius 3 is 2.13 bits per heavy atom. The quantitative estimate of drug-likeness (QED) is 0.708. The molecule has 0 bridgehead atoms. The molecule has 0 unspecified atom stereocenters. The molecule has 84 valence electrons. The van der Waals surface area contributed by atoms with Gasteiger partial charge >= 0.3 is 0 Å². The van der Waals surface area contributed by atoms with Gasteiger partial charge < -0.3 is 5.43 Å². The maximum atomic E-state index is 13.2. The molecule has 0 fully saturated rings. The third-order valence-corrected chi connectivity index (χ3v) is 1.70. The molecule has 0 atom stereocenters. The van der Waals surface area contributed by atoms with Gasteiger partial charge in [-0.05, 0) is 32.9 Å². The van der Waals surface area contributed by atoms with Crippen LogP contribution in [-0.4, -0.2) is 17.4 Å². The highest BCUT2D eigenvalue weighted by Crippen LogP contribution is 2.27. The van der Waals surface area contributed by atoms with Crippen molar-refractivity contribution in [3.8, 4) is 0 Å². The molecule has 0 heterocycles. The van der Waals surface area contributed by atoms with Crippen molar-refractivity contribution in [3.63, 3.8) is 0 Å². The molecule has 15 heavy (non-hydrogen) atoms. The summed E-state index contributed by atoms with van der Waals surface area (Å²) < 4.78 is 39.7. The van der Waals surface area contributed by atoms with Gasteiger partial charge in [0.25, 0.3) is 0 Å².